The molecule has 0 spiro atoms. The van der Waals surface area contributed by atoms with Gasteiger partial charge in [0.25, 0.3) is 0 Å². The third kappa shape index (κ3) is 5.18. The molecular formula is C31H38N4O5. The van der Waals surface area contributed by atoms with Crippen molar-refractivity contribution in [1.29, 1.82) is 0 Å². The molecule has 0 unspecified atom stereocenters. The van der Waals surface area contributed by atoms with Gasteiger partial charge >= 0.3 is 12.1 Å². The number of aryl methyl sites for hydroxylation is 1. The Kier molecular flexibility index (Phi) is 7.59. The summed E-state index contributed by atoms with van der Waals surface area (Å²) in [6, 6.07) is 7.96. The van der Waals surface area contributed by atoms with Gasteiger partial charge in [0.05, 0.1) is 36.5 Å². The van der Waals surface area contributed by atoms with E-state index in [0.29, 0.717) is 18.7 Å². The molecule has 0 radical (unpaired) electrons. The van der Waals surface area contributed by atoms with Crippen LogP contribution in [-0.4, -0.2) is 57.6 Å². The Morgan fingerprint density at radius 2 is 1.95 bits per heavy atom. The predicted octanol–water partition coefficient (Wildman–Crippen LogP) is 6.52. The minimum Gasteiger partial charge on any atom is -0.496 e. The van der Waals surface area contributed by atoms with Gasteiger partial charge in [-0.3, -0.25) is 14.6 Å². The lowest BCUT2D eigenvalue weighted by atomic mass is 9.91. The summed E-state index contributed by atoms with van der Waals surface area (Å²) in [5.74, 6) is 0.447. The molecule has 40 heavy (non-hydrogen) atoms. The molecular weight excluding hydrogens is 508 g/mol. The van der Waals surface area contributed by atoms with E-state index in [4.69, 9.17) is 14.2 Å². The van der Waals surface area contributed by atoms with Crippen LogP contribution in [-0.2, 0) is 16.0 Å². The predicted molar refractivity (Wildman–Crippen MR) is 154 cm³/mol. The molecule has 0 amide bonds. The SMILES string of the molecule is CCOC(=O)c1ccc([C@@H]2CCCCN2Cc2c(OC)cc(C)c3c2ccn3C(=O)OC(C)(C)C)c2[nH]ncc12. The van der Waals surface area contributed by atoms with Crippen molar-refractivity contribution >= 4 is 33.9 Å². The van der Waals surface area contributed by atoms with Gasteiger partial charge in [-0.1, -0.05) is 12.5 Å². The number of benzene rings is 2. The topological polar surface area (TPSA) is 98.7 Å². The molecule has 4 aromatic rings. The number of rotatable bonds is 6. The fourth-order valence-electron chi connectivity index (χ4n) is 5.83. The number of methoxy groups -OCH3 is 1. The third-order valence-electron chi connectivity index (χ3n) is 7.52. The number of H-pyrrole nitrogens is 1. The highest BCUT2D eigenvalue weighted by atomic mass is 16.6. The summed E-state index contributed by atoms with van der Waals surface area (Å²) in [4.78, 5) is 28.1. The van der Waals surface area contributed by atoms with Gasteiger partial charge in [0.15, 0.2) is 0 Å². The number of likely N-dealkylation sites (tertiary alicyclic amines) is 1. The van der Waals surface area contributed by atoms with E-state index in [1.807, 2.05) is 52.0 Å². The van der Waals surface area contributed by atoms with Crippen LogP contribution in [0.3, 0.4) is 0 Å². The largest absolute Gasteiger partial charge is 0.496 e. The molecule has 212 valence electrons. The molecule has 1 aliphatic heterocycles. The van der Waals surface area contributed by atoms with Gasteiger partial charge in [-0.05, 0) is 83.3 Å². The van der Waals surface area contributed by atoms with E-state index in [2.05, 4.69) is 15.1 Å². The molecule has 1 atom stereocenters. The summed E-state index contributed by atoms with van der Waals surface area (Å²) >= 11 is 0. The average molecular weight is 547 g/mol. The second kappa shape index (κ2) is 11.0. The number of hydrogen-bond acceptors (Lipinski definition) is 7. The number of carbonyl (C=O) groups excluding carboxylic acids is 2. The van der Waals surface area contributed by atoms with E-state index in [1.165, 1.54) is 0 Å². The van der Waals surface area contributed by atoms with Crippen LogP contribution < -0.4 is 4.74 Å². The van der Waals surface area contributed by atoms with Crippen molar-refractivity contribution < 1.29 is 23.8 Å². The van der Waals surface area contributed by atoms with Crippen molar-refractivity contribution in [3.8, 4) is 5.75 Å². The van der Waals surface area contributed by atoms with Gasteiger partial charge in [0.2, 0.25) is 0 Å². The Hall–Kier alpha value is -3.85. The number of aromatic amines is 1. The number of hydrogen-bond donors (Lipinski definition) is 1. The fourth-order valence-corrected chi connectivity index (χ4v) is 5.83. The number of ether oxygens (including phenoxy) is 3. The van der Waals surface area contributed by atoms with Gasteiger partial charge in [-0.2, -0.15) is 5.10 Å². The Labute approximate surface area is 234 Å². The van der Waals surface area contributed by atoms with Crippen LogP contribution in [0.1, 0.15) is 80.0 Å². The van der Waals surface area contributed by atoms with Gasteiger partial charge < -0.3 is 14.2 Å². The molecule has 9 heteroatoms. The number of piperidine rings is 1. The average Bonchev–Trinajstić information content (AvgIpc) is 3.58. The van der Waals surface area contributed by atoms with Crippen molar-refractivity contribution in [2.45, 2.75) is 72.1 Å². The lowest BCUT2D eigenvalue weighted by molar-refractivity contribution is 0.0523. The van der Waals surface area contributed by atoms with Crippen molar-refractivity contribution in [3.05, 3.63) is 58.9 Å². The highest BCUT2D eigenvalue weighted by Crippen LogP contribution is 2.40. The first-order valence-electron chi connectivity index (χ1n) is 13.9. The maximum Gasteiger partial charge on any atom is 0.419 e. The third-order valence-corrected chi connectivity index (χ3v) is 7.52. The molecule has 1 N–H and O–H groups in total. The highest BCUT2D eigenvalue weighted by molar-refractivity contribution is 6.04. The standard InChI is InChI=1S/C31H38N4O5/c1-7-39-29(36)21-11-12-22(27-23(21)17-32-33-27)25-10-8-9-14-34(25)18-24-20-13-15-35(30(37)40-31(3,4)5)28(20)19(2)16-26(24)38-6/h11-13,15-17,25H,7-10,14,18H2,1-6H3,(H,32,33)/t25-/m0/s1. The quantitative estimate of drug-likeness (QED) is 0.275. The fraction of sp³-hybridized carbons (Fsp3) is 0.452. The van der Waals surface area contributed by atoms with Crippen LogP contribution in [0.25, 0.3) is 21.8 Å². The van der Waals surface area contributed by atoms with E-state index >= 15 is 0 Å². The van der Waals surface area contributed by atoms with Crippen LogP contribution >= 0.6 is 0 Å². The molecule has 0 bridgehead atoms. The number of nitrogens with one attached hydrogen (secondary N) is 1. The van der Waals surface area contributed by atoms with Gasteiger partial charge in [0, 0.05) is 35.1 Å². The Bertz CT molecular complexity index is 1560. The first-order valence-corrected chi connectivity index (χ1v) is 13.9. The van der Waals surface area contributed by atoms with Crippen LogP contribution in [0.4, 0.5) is 4.79 Å². The van der Waals surface area contributed by atoms with E-state index < -0.39 is 11.7 Å². The summed E-state index contributed by atoms with van der Waals surface area (Å²) in [7, 11) is 1.69. The zero-order valence-electron chi connectivity index (χ0n) is 24.2. The molecule has 0 saturated carbocycles. The number of carbonyl (C=O) groups is 2. The molecule has 5 rings (SSSR count). The summed E-state index contributed by atoms with van der Waals surface area (Å²) in [5.41, 5.74) is 4.68. The number of fused-ring (bicyclic) bond motifs is 2. The summed E-state index contributed by atoms with van der Waals surface area (Å²) in [5, 5.41) is 9.15. The van der Waals surface area contributed by atoms with Crippen LogP contribution in [0.5, 0.6) is 5.75 Å². The zero-order valence-corrected chi connectivity index (χ0v) is 24.2. The molecule has 1 fully saturated rings. The Balaban J connectivity index is 1.55. The molecule has 2 aromatic heterocycles. The van der Waals surface area contributed by atoms with E-state index in [1.54, 1.807) is 31.0 Å². The highest BCUT2D eigenvalue weighted by Gasteiger charge is 2.30. The monoisotopic (exact) mass is 546 g/mol. The summed E-state index contributed by atoms with van der Waals surface area (Å²) < 4.78 is 18.4. The maximum atomic E-state index is 13.1. The van der Waals surface area contributed by atoms with Crippen molar-refractivity contribution in [2.24, 2.45) is 0 Å². The number of aromatic nitrogens is 3. The van der Waals surface area contributed by atoms with Crippen molar-refractivity contribution in [3.63, 3.8) is 0 Å². The van der Waals surface area contributed by atoms with Crippen LogP contribution in [0, 0.1) is 6.92 Å². The lowest BCUT2D eigenvalue weighted by Gasteiger charge is -2.37. The molecule has 1 saturated heterocycles. The molecule has 2 aromatic carbocycles. The van der Waals surface area contributed by atoms with Crippen molar-refractivity contribution in [2.75, 3.05) is 20.3 Å². The second-order valence-electron chi connectivity index (χ2n) is 11.4. The summed E-state index contributed by atoms with van der Waals surface area (Å²) in [6.07, 6.45) is 6.24. The number of nitrogens with zero attached hydrogens (tertiary/aromatic N) is 3. The Morgan fingerprint density at radius 1 is 1.15 bits per heavy atom. The van der Waals surface area contributed by atoms with Gasteiger partial charge in [0.1, 0.15) is 11.4 Å². The maximum absolute atomic E-state index is 13.1. The molecule has 0 aliphatic carbocycles. The molecule has 3 heterocycles. The normalized spacial score (nSPS) is 16.4. The smallest absolute Gasteiger partial charge is 0.419 e. The van der Waals surface area contributed by atoms with Crippen molar-refractivity contribution in [1.82, 2.24) is 19.7 Å². The van der Waals surface area contributed by atoms with Gasteiger partial charge in [-0.15, -0.1) is 0 Å². The first-order chi connectivity index (χ1) is 19.1. The van der Waals surface area contributed by atoms with E-state index in [-0.39, 0.29) is 12.0 Å². The summed E-state index contributed by atoms with van der Waals surface area (Å²) in [6.45, 7) is 11.2. The first kappa shape index (κ1) is 27.7. The minimum absolute atomic E-state index is 0.113. The Morgan fingerprint density at radius 3 is 2.67 bits per heavy atom. The van der Waals surface area contributed by atoms with E-state index in [9.17, 15) is 9.59 Å². The number of esters is 1. The zero-order chi connectivity index (χ0) is 28.6. The molecule has 1 aliphatic rings. The lowest BCUT2D eigenvalue weighted by Crippen LogP contribution is -2.33. The molecule has 9 nitrogen and oxygen atoms in total. The van der Waals surface area contributed by atoms with E-state index in [0.717, 1.165) is 70.1 Å². The van der Waals surface area contributed by atoms with Crippen LogP contribution in [0.2, 0.25) is 0 Å². The van der Waals surface area contributed by atoms with Crippen LogP contribution in [0.15, 0.2) is 36.7 Å². The van der Waals surface area contributed by atoms with Gasteiger partial charge in [-0.25, -0.2) is 9.59 Å². The minimum atomic E-state index is -0.598. The second-order valence-corrected chi connectivity index (χ2v) is 11.4.